The SMILES string of the molecule is Cc1cc(-c2ncc(N(C)c3cc4c(oc(=O)n4C)c(N4CCOCC4)n3)cn2)cnc1C(=O)NCC#Cc1ccc2occ(C3CCC(=O)NC3=O)c2c1. The normalized spacial score (nSPS) is 15.8. The molecule has 6 aromatic rings. The molecule has 2 fully saturated rings. The lowest BCUT2D eigenvalue weighted by atomic mass is 9.90. The molecule has 2 N–H and O–H groups in total. The number of piperidine rings is 1. The number of fused-ring (bicyclic) bond motifs is 2. The van der Waals surface area contributed by atoms with Crippen LogP contribution >= 0.6 is 0 Å². The number of pyridine rings is 2. The van der Waals surface area contributed by atoms with Crippen LogP contribution in [0.5, 0.6) is 0 Å². The molecule has 0 saturated carbocycles. The summed E-state index contributed by atoms with van der Waals surface area (Å²) in [5.41, 5.74) is 5.25. The van der Waals surface area contributed by atoms with Crippen molar-refractivity contribution in [1.29, 1.82) is 0 Å². The van der Waals surface area contributed by atoms with Crippen LogP contribution in [0.4, 0.5) is 17.3 Å². The van der Waals surface area contributed by atoms with Crippen LogP contribution in [-0.4, -0.2) is 82.1 Å². The molecule has 0 radical (unpaired) electrons. The van der Waals surface area contributed by atoms with E-state index >= 15 is 0 Å². The van der Waals surface area contributed by atoms with Gasteiger partial charge in [0.15, 0.2) is 17.2 Å². The molecule has 7 heterocycles. The third-order valence-corrected chi connectivity index (χ3v) is 9.77. The Hall–Kier alpha value is -6.86. The molecule has 0 spiro atoms. The number of amides is 3. The number of carbonyl (C=O) groups is 3. The molecule has 16 heteroatoms. The molecule has 5 aromatic heterocycles. The number of nitrogens with zero attached hydrogens (tertiary/aromatic N) is 7. The van der Waals surface area contributed by atoms with Crippen molar-refractivity contribution in [1.82, 2.24) is 35.1 Å². The highest BCUT2D eigenvalue weighted by Crippen LogP contribution is 2.34. The number of aryl methyl sites for hydroxylation is 2. The topological polar surface area (TPSA) is 191 Å². The highest BCUT2D eigenvalue weighted by atomic mass is 16.5. The number of carbonyl (C=O) groups excluding carboxylic acids is 3. The zero-order valence-corrected chi connectivity index (χ0v) is 30.2. The molecule has 2 aliphatic rings. The van der Waals surface area contributed by atoms with Crippen molar-refractivity contribution in [2.45, 2.75) is 25.7 Å². The Bertz CT molecular complexity index is 2610. The summed E-state index contributed by atoms with van der Waals surface area (Å²) < 4.78 is 18.2. The summed E-state index contributed by atoms with van der Waals surface area (Å²) in [6, 6.07) is 9.02. The number of anilines is 3. The maximum Gasteiger partial charge on any atom is 0.419 e. The lowest BCUT2D eigenvalue weighted by Crippen LogP contribution is -2.39. The number of rotatable bonds is 7. The molecule has 1 atom stereocenters. The summed E-state index contributed by atoms with van der Waals surface area (Å²) in [5.74, 6) is 5.67. The molecule has 3 amide bonds. The first-order valence-electron chi connectivity index (χ1n) is 17.6. The van der Waals surface area contributed by atoms with Crippen molar-refractivity contribution >= 4 is 57.1 Å². The number of nitrogens with one attached hydrogen (secondary N) is 2. The first kappa shape index (κ1) is 35.2. The van der Waals surface area contributed by atoms with E-state index in [1.165, 1.54) is 4.57 Å². The molecule has 0 aliphatic carbocycles. The number of aromatic nitrogens is 5. The second-order valence-corrected chi connectivity index (χ2v) is 13.3. The summed E-state index contributed by atoms with van der Waals surface area (Å²) in [5, 5.41) is 5.94. The Morgan fingerprint density at radius 2 is 1.87 bits per heavy atom. The van der Waals surface area contributed by atoms with Gasteiger partial charge in [-0.2, -0.15) is 0 Å². The van der Waals surface area contributed by atoms with Crippen LogP contribution in [0.3, 0.4) is 0 Å². The summed E-state index contributed by atoms with van der Waals surface area (Å²) >= 11 is 0. The molecular formula is C39H35N9O7. The molecule has 1 unspecified atom stereocenters. The van der Waals surface area contributed by atoms with Gasteiger partial charge < -0.3 is 28.7 Å². The van der Waals surface area contributed by atoms with Gasteiger partial charge >= 0.3 is 5.76 Å². The standard InChI is InChI=1S/C39H35N9O7/c1-22-15-24(35-42-19-25(20-43-35)46(2)31-17-29-34(55-39(52)47(29)3)36(44-31)48-11-13-53-14-12-48)18-41-33(22)38(51)40-10-4-5-23-6-8-30-27(16-23)28(21-54-30)26-7-9-32(49)45-37(26)50/h6,8,15-21,26H,7,9-14H2,1-3H3,(H,40,51)(H,45,49,50). The number of oxazole rings is 1. The molecule has 8 rings (SSSR count). The predicted octanol–water partition coefficient (Wildman–Crippen LogP) is 3.34. The summed E-state index contributed by atoms with van der Waals surface area (Å²) in [6.45, 7) is 4.21. The predicted molar refractivity (Wildman–Crippen MR) is 201 cm³/mol. The molecule has 0 bridgehead atoms. The number of hydrogen-bond acceptors (Lipinski definition) is 13. The average Bonchev–Trinajstić information content (AvgIpc) is 3.75. The minimum atomic E-state index is -0.475. The Labute approximate surface area is 313 Å². The van der Waals surface area contributed by atoms with Crippen LogP contribution in [0.2, 0.25) is 0 Å². The first-order valence-corrected chi connectivity index (χ1v) is 17.6. The van der Waals surface area contributed by atoms with Gasteiger partial charge in [-0.3, -0.25) is 29.3 Å². The Balaban J connectivity index is 0.930. The smallest absolute Gasteiger partial charge is 0.419 e. The van der Waals surface area contributed by atoms with E-state index in [0.29, 0.717) is 94.8 Å². The Kier molecular flexibility index (Phi) is 9.29. The van der Waals surface area contributed by atoms with Crippen LogP contribution in [0, 0.1) is 18.8 Å². The van der Waals surface area contributed by atoms with Crippen LogP contribution in [0.1, 0.15) is 45.9 Å². The van der Waals surface area contributed by atoms with Gasteiger partial charge in [0.1, 0.15) is 17.1 Å². The highest BCUT2D eigenvalue weighted by molar-refractivity contribution is 6.03. The van der Waals surface area contributed by atoms with Crippen molar-refractivity contribution in [2.75, 3.05) is 49.7 Å². The van der Waals surface area contributed by atoms with Gasteiger partial charge in [0.2, 0.25) is 11.8 Å². The third-order valence-electron chi connectivity index (χ3n) is 9.77. The molecule has 2 aliphatic heterocycles. The van der Waals surface area contributed by atoms with E-state index in [1.807, 2.05) is 22.9 Å². The van der Waals surface area contributed by atoms with Gasteiger partial charge in [-0.05, 0) is 43.2 Å². The van der Waals surface area contributed by atoms with E-state index in [-0.39, 0.29) is 36.4 Å². The lowest BCUT2D eigenvalue weighted by molar-refractivity contribution is -0.134. The van der Waals surface area contributed by atoms with E-state index in [2.05, 4.69) is 37.4 Å². The molecule has 2 saturated heterocycles. The van der Waals surface area contributed by atoms with Gasteiger partial charge in [0.25, 0.3) is 5.91 Å². The number of morpholine rings is 1. The lowest BCUT2D eigenvalue weighted by Gasteiger charge is -2.28. The molecule has 16 nitrogen and oxygen atoms in total. The van der Waals surface area contributed by atoms with Crippen molar-refractivity contribution in [3.8, 4) is 23.2 Å². The monoisotopic (exact) mass is 741 g/mol. The summed E-state index contributed by atoms with van der Waals surface area (Å²) in [6.07, 6.45) is 7.13. The molecule has 55 heavy (non-hydrogen) atoms. The fraction of sp³-hybridized carbons (Fsp3) is 0.282. The van der Waals surface area contributed by atoms with E-state index in [9.17, 15) is 19.2 Å². The van der Waals surface area contributed by atoms with Gasteiger partial charge in [-0.25, -0.2) is 19.7 Å². The minimum Gasteiger partial charge on any atom is -0.464 e. The zero-order valence-electron chi connectivity index (χ0n) is 30.2. The van der Waals surface area contributed by atoms with Crippen molar-refractivity contribution < 1.29 is 28.0 Å². The highest BCUT2D eigenvalue weighted by Gasteiger charge is 2.30. The second-order valence-electron chi connectivity index (χ2n) is 13.3. The van der Waals surface area contributed by atoms with Crippen LogP contribution in [0.25, 0.3) is 33.5 Å². The largest absolute Gasteiger partial charge is 0.464 e. The zero-order chi connectivity index (χ0) is 38.2. The van der Waals surface area contributed by atoms with Crippen LogP contribution < -0.4 is 26.2 Å². The fourth-order valence-electron chi connectivity index (χ4n) is 6.71. The van der Waals surface area contributed by atoms with E-state index in [0.717, 1.165) is 5.39 Å². The van der Waals surface area contributed by atoms with E-state index in [4.69, 9.17) is 18.6 Å². The first-order chi connectivity index (χ1) is 26.6. The van der Waals surface area contributed by atoms with Crippen LogP contribution in [0.15, 0.2) is 68.8 Å². The molecule has 1 aromatic carbocycles. The van der Waals surface area contributed by atoms with E-state index < -0.39 is 11.7 Å². The second kappa shape index (κ2) is 14.5. The van der Waals surface area contributed by atoms with Gasteiger partial charge in [0, 0.05) is 67.9 Å². The summed E-state index contributed by atoms with van der Waals surface area (Å²) in [7, 11) is 3.50. The summed E-state index contributed by atoms with van der Waals surface area (Å²) in [4.78, 5) is 71.8. The Morgan fingerprint density at radius 3 is 2.64 bits per heavy atom. The van der Waals surface area contributed by atoms with Crippen molar-refractivity contribution in [3.05, 3.63) is 88.1 Å². The maximum atomic E-state index is 13.0. The number of hydrogen-bond donors (Lipinski definition) is 2. The number of ether oxygens (including phenoxy) is 1. The number of furan rings is 1. The maximum absolute atomic E-state index is 13.0. The molecule has 278 valence electrons. The van der Waals surface area contributed by atoms with Gasteiger partial charge in [-0.1, -0.05) is 11.8 Å². The van der Waals surface area contributed by atoms with Crippen molar-refractivity contribution in [3.63, 3.8) is 0 Å². The van der Waals surface area contributed by atoms with Crippen LogP contribution in [-0.2, 0) is 21.4 Å². The number of benzene rings is 1. The van der Waals surface area contributed by atoms with E-state index in [1.54, 1.807) is 63.1 Å². The third kappa shape index (κ3) is 6.88. The minimum absolute atomic E-state index is 0.0792. The quantitative estimate of drug-likeness (QED) is 0.179. The number of imide groups is 1. The fourth-order valence-corrected chi connectivity index (χ4v) is 6.71. The average molecular weight is 742 g/mol. The molecular weight excluding hydrogens is 706 g/mol. The van der Waals surface area contributed by atoms with Crippen molar-refractivity contribution in [2.24, 2.45) is 7.05 Å². The Morgan fingerprint density at radius 1 is 1.07 bits per heavy atom. The van der Waals surface area contributed by atoms with Gasteiger partial charge in [0.05, 0.1) is 55.5 Å². The van der Waals surface area contributed by atoms with Gasteiger partial charge in [-0.15, -0.1) is 0 Å².